The Balaban J connectivity index is 2.42. The molecule has 0 saturated heterocycles. The first-order valence-electron chi connectivity index (χ1n) is 6.28. The molecule has 0 unspecified atom stereocenters. The highest BCUT2D eigenvalue weighted by molar-refractivity contribution is 7.93. The number of hydrogen-bond acceptors (Lipinski definition) is 2. The summed E-state index contributed by atoms with van der Waals surface area (Å²) < 4.78 is 26.8. The summed E-state index contributed by atoms with van der Waals surface area (Å²) in [6.07, 6.45) is 0. The maximum atomic E-state index is 12.6. The van der Waals surface area contributed by atoms with Crippen LogP contribution in [-0.4, -0.2) is 15.0 Å². The van der Waals surface area contributed by atoms with Gasteiger partial charge in [0.05, 0.1) is 10.6 Å². The zero-order valence-electron chi connectivity index (χ0n) is 10.9. The molecule has 0 saturated carbocycles. The molecule has 0 amide bonds. The Morgan fingerprint density at radius 3 is 2.53 bits per heavy atom. The Hall–Kier alpha value is -1.81. The summed E-state index contributed by atoms with van der Waals surface area (Å²) >= 11 is 0. The standard InChI is InChI=1S/C15H15NO2S/c1-3-16-14-10-11(2)8-9-12(14)13-6-4-5-7-15(13)19(16,17)18/h4-10H,3H2,1-2H3. The van der Waals surface area contributed by atoms with Crippen LogP contribution in [0.25, 0.3) is 11.1 Å². The van der Waals surface area contributed by atoms with Crippen LogP contribution in [0.2, 0.25) is 0 Å². The fraction of sp³-hybridized carbons (Fsp3) is 0.200. The van der Waals surface area contributed by atoms with Crippen LogP contribution < -0.4 is 4.31 Å². The lowest BCUT2D eigenvalue weighted by molar-refractivity contribution is 0.591. The summed E-state index contributed by atoms with van der Waals surface area (Å²) in [6.45, 7) is 4.27. The van der Waals surface area contributed by atoms with E-state index in [1.807, 2.05) is 44.2 Å². The Morgan fingerprint density at radius 1 is 1.05 bits per heavy atom. The highest BCUT2D eigenvalue weighted by Crippen LogP contribution is 2.42. The number of nitrogens with zero attached hydrogens (tertiary/aromatic N) is 1. The molecule has 98 valence electrons. The number of fused-ring (bicyclic) bond motifs is 3. The molecule has 3 nitrogen and oxygen atoms in total. The zero-order valence-corrected chi connectivity index (χ0v) is 11.7. The average molecular weight is 273 g/mol. The van der Waals surface area contributed by atoms with Gasteiger partial charge in [0.25, 0.3) is 10.0 Å². The summed E-state index contributed by atoms with van der Waals surface area (Å²) in [4.78, 5) is 0.396. The molecule has 0 atom stereocenters. The van der Waals surface area contributed by atoms with Gasteiger partial charge in [-0.2, -0.15) is 0 Å². The van der Waals surface area contributed by atoms with E-state index in [1.165, 1.54) is 4.31 Å². The molecular weight excluding hydrogens is 258 g/mol. The molecule has 1 aliphatic heterocycles. The first kappa shape index (κ1) is 12.2. The molecule has 0 bridgehead atoms. The third-order valence-electron chi connectivity index (χ3n) is 3.45. The van der Waals surface area contributed by atoms with Crippen LogP contribution in [0.3, 0.4) is 0 Å². The smallest absolute Gasteiger partial charge is 0.264 e. The first-order chi connectivity index (χ1) is 9.05. The van der Waals surface area contributed by atoms with Crippen LogP contribution >= 0.6 is 0 Å². The lowest BCUT2D eigenvalue weighted by atomic mass is 10.0. The van der Waals surface area contributed by atoms with E-state index in [4.69, 9.17) is 0 Å². The van der Waals surface area contributed by atoms with E-state index in [9.17, 15) is 8.42 Å². The van der Waals surface area contributed by atoms with E-state index in [-0.39, 0.29) is 0 Å². The van der Waals surface area contributed by atoms with Crippen molar-refractivity contribution in [3.05, 3.63) is 48.0 Å². The van der Waals surface area contributed by atoms with Crippen molar-refractivity contribution in [3.8, 4) is 11.1 Å². The number of benzene rings is 2. The minimum absolute atomic E-state index is 0.396. The molecular formula is C15H15NO2S. The number of sulfonamides is 1. The van der Waals surface area contributed by atoms with Gasteiger partial charge in [-0.3, -0.25) is 4.31 Å². The van der Waals surface area contributed by atoms with Gasteiger partial charge in [-0.15, -0.1) is 0 Å². The van der Waals surface area contributed by atoms with Crippen LogP contribution in [0.4, 0.5) is 5.69 Å². The lowest BCUT2D eigenvalue weighted by Crippen LogP contribution is -2.34. The molecule has 0 spiro atoms. The number of anilines is 1. The van der Waals surface area contributed by atoms with Crippen LogP contribution in [-0.2, 0) is 10.0 Å². The summed E-state index contributed by atoms with van der Waals surface area (Å²) in [5, 5.41) is 0. The van der Waals surface area contributed by atoms with Crippen molar-refractivity contribution in [1.82, 2.24) is 0 Å². The zero-order chi connectivity index (χ0) is 13.6. The fourth-order valence-corrected chi connectivity index (χ4v) is 4.27. The fourth-order valence-electron chi connectivity index (χ4n) is 2.58. The number of rotatable bonds is 1. The van der Waals surface area contributed by atoms with E-state index >= 15 is 0 Å². The van der Waals surface area contributed by atoms with Crippen molar-refractivity contribution < 1.29 is 8.42 Å². The molecule has 3 rings (SSSR count). The highest BCUT2D eigenvalue weighted by Gasteiger charge is 2.33. The summed E-state index contributed by atoms with van der Waals surface area (Å²) in [6, 6.07) is 13.1. The molecule has 2 aromatic carbocycles. The van der Waals surface area contributed by atoms with Crippen molar-refractivity contribution in [2.45, 2.75) is 18.7 Å². The second-order valence-corrected chi connectivity index (χ2v) is 6.52. The molecule has 0 radical (unpaired) electrons. The Kier molecular flexibility index (Phi) is 2.64. The molecule has 2 aromatic rings. The maximum absolute atomic E-state index is 12.6. The van der Waals surface area contributed by atoms with Gasteiger partial charge in [0.15, 0.2) is 0 Å². The highest BCUT2D eigenvalue weighted by atomic mass is 32.2. The predicted molar refractivity (Wildman–Crippen MR) is 76.8 cm³/mol. The van der Waals surface area contributed by atoms with Crippen molar-refractivity contribution >= 4 is 15.7 Å². The molecule has 0 fully saturated rings. The van der Waals surface area contributed by atoms with Gasteiger partial charge in [0.1, 0.15) is 0 Å². The van der Waals surface area contributed by atoms with Crippen molar-refractivity contribution in [1.29, 1.82) is 0 Å². The van der Waals surface area contributed by atoms with Crippen LogP contribution in [0.5, 0.6) is 0 Å². The van der Waals surface area contributed by atoms with Gasteiger partial charge in [-0.25, -0.2) is 8.42 Å². The van der Waals surface area contributed by atoms with E-state index in [2.05, 4.69) is 0 Å². The SMILES string of the molecule is CCN1c2cc(C)ccc2-c2ccccc2S1(=O)=O. The van der Waals surface area contributed by atoms with Crippen molar-refractivity contribution in [2.24, 2.45) is 0 Å². The van der Waals surface area contributed by atoms with E-state index in [0.717, 1.165) is 22.4 Å². The Morgan fingerprint density at radius 2 is 1.79 bits per heavy atom. The topological polar surface area (TPSA) is 37.4 Å². The van der Waals surface area contributed by atoms with Gasteiger partial charge >= 0.3 is 0 Å². The molecule has 1 heterocycles. The van der Waals surface area contributed by atoms with Crippen LogP contribution in [0, 0.1) is 6.92 Å². The molecule has 1 aliphatic rings. The Bertz CT molecular complexity index is 750. The van der Waals surface area contributed by atoms with Gasteiger partial charge in [0, 0.05) is 17.7 Å². The van der Waals surface area contributed by atoms with Crippen LogP contribution in [0.1, 0.15) is 12.5 Å². The Labute approximate surface area is 113 Å². The van der Waals surface area contributed by atoms with Gasteiger partial charge in [0.2, 0.25) is 0 Å². The number of aryl methyl sites for hydroxylation is 1. The molecule has 19 heavy (non-hydrogen) atoms. The normalized spacial score (nSPS) is 15.8. The number of hydrogen-bond donors (Lipinski definition) is 0. The molecule has 4 heteroatoms. The molecule has 0 aliphatic carbocycles. The minimum atomic E-state index is -3.43. The third kappa shape index (κ3) is 1.67. The minimum Gasteiger partial charge on any atom is -0.266 e. The van der Waals surface area contributed by atoms with Gasteiger partial charge in [-0.05, 0) is 31.5 Å². The maximum Gasteiger partial charge on any atom is 0.264 e. The predicted octanol–water partition coefficient (Wildman–Crippen LogP) is 3.19. The van der Waals surface area contributed by atoms with E-state index in [0.29, 0.717) is 11.4 Å². The van der Waals surface area contributed by atoms with Crippen molar-refractivity contribution in [3.63, 3.8) is 0 Å². The van der Waals surface area contributed by atoms with Gasteiger partial charge < -0.3 is 0 Å². The average Bonchev–Trinajstić information content (AvgIpc) is 2.39. The summed E-state index contributed by atoms with van der Waals surface area (Å²) in [5.41, 5.74) is 3.62. The van der Waals surface area contributed by atoms with Gasteiger partial charge in [-0.1, -0.05) is 30.3 Å². The summed E-state index contributed by atoms with van der Waals surface area (Å²) in [7, 11) is -3.43. The summed E-state index contributed by atoms with van der Waals surface area (Å²) in [5.74, 6) is 0. The molecule has 0 aromatic heterocycles. The first-order valence-corrected chi connectivity index (χ1v) is 7.72. The largest absolute Gasteiger partial charge is 0.266 e. The monoisotopic (exact) mass is 273 g/mol. The third-order valence-corrected chi connectivity index (χ3v) is 5.40. The second kappa shape index (κ2) is 4.10. The van der Waals surface area contributed by atoms with Crippen LogP contribution in [0.15, 0.2) is 47.4 Å². The quantitative estimate of drug-likeness (QED) is 0.800. The van der Waals surface area contributed by atoms with Crippen molar-refractivity contribution in [2.75, 3.05) is 10.8 Å². The molecule has 0 N–H and O–H groups in total. The van der Waals surface area contributed by atoms with E-state index in [1.54, 1.807) is 12.1 Å². The lowest BCUT2D eigenvalue weighted by Gasteiger charge is -2.31. The van der Waals surface area contributed by atoms with E-state index < -0.39 is 10.0 Å². The second-order valence-electron chi connectivity index (χ2n) is 4.69.